The van der Waals surface area contributed by atoms with Gasteiger partial charge in [-0.2, -0.15) is 8.78 Å². The van der Waals surface area contributed by atoms with Gasteiger partial charge < -0.3 is 0 Å². The van der Waals surface area contributed by atoms with E-state index in [0.29, 0.717) is 11.4 Å². The second-order valence-corrected chi connectivity index (χ2v) is 3.69. The second-order valence-electron chi connectivity index (χ2n) is 3.69. The summed E-state index contributed by atoms with van der Waals surface area (Å²) < 4.78 is 28.3. The van der Waals surface area contributed by atoms with E-state index in [1.54, 1.807) is 14.0 Å². The Hall–Kier alpha value is -2.38. The van der Waals surface area contributed by atoms with Crippen LogP contribution in [-0.4, -0.2) is 19.9 Å². The standard InChI is InChI=1S/C10H8F2N4O2/c1-5-9(15(2)14-13-5)6-3-7(11)10(16(17)18)8(12)4-6/h3-4H,1-2H3. The molecule has 0 bridgehead atoms. The van der Waals surface area contributed by atoms with Crippen molar-refractivity contribution < 1.29 is 13.7 Å². The molecule has 1 aromatic carbocycles. The molecule has 0 aliphatic carbocycles. The van der Waals surface area contributed by atoms with Gasteiger partial charge in [0.1, 0.15) is 0 Å². The number of nitro benzene ring substituents is 1. The van der Waals surface area contributed by atoms with E-state index in [0.717, 1.165) is 12.1 Å². The van der Waals surface area contributed by atoms with Gasteiger partial charge in [0.05, 0.1) is 16.3 Å². The molecule has 1 aromatic heterocycles. The first kappa shape index (κ1) is 12.1. The summed E-state index contributed by atoms with van der Waals surface area (Å²) in [7, 11) is 1.56. The van der Waals surface area contributed by atoms with Gasteiger partial charge in [-0.15, -0.1) is 5.10 Å². The van der Waals surface area contributed by atoms with Gasteiger partial charge in [-0.05, 0) is 19.1 Å². The lowest BCUT2D eigenvalue weighted by Crippen LogP contribution is -2.00. The van der Waals surface area contributed by atoms with Crippen LogP contribution in [0.5, 0.6) is 0 Å². The number of hydrogen-bond acceptors (Lipinski definition) is 4. The van der Waals surface area contributed by atoms with E-state index in [-0.39, 0.29) is 5.56 Å². The third kappa shape index (κ3) is 1.81. The van der Waals surface area contributed by atoms with Crippen molar-refractivity contribution in [2.45, 2.75) is 6.92 Å². The molecule has 0 saturated heterocycles. The Morgan fingerprint density at radius 3 is 2.28 bits per heavy atom. The predicted molar refractivity (Wildman–Crippen MR) is 57.7 cm³/mol. The van der Waals surface area contributed by atoms with Gasteiger partial charge >= 0.3 is 5.69 Å². The van der Waals surface area contributed by atoms with Crippen LogP contribution in [0.4, 0.5) is 14.5 Å². The first-order chi connectivity index (χ1) is 8.41. The maximum Gasteiger partial charge on any atom is 0.340 e. The molecule has 0 saturated carbocycles. The lowest BCUT2D eigenvalue weighted by Gasteiger charge is -2.04. The zero-order valence-electron chi connectivity index (χ0n) is 9.52. The molecule has 1 heterocycles. The molecule has 0 aliphatic heterocycles. The van der Waals surface area contributed by atoms with E-state index in [1.807, 2.05) is 0 Å². The Balaban J connectivity index is 2.66. The maximum absolute atomic E-state index is 13.5. The average Bonchev–Trinajstić information content (AvgIpc) is 2.56. The molecule has 0 amide bonds. The molecule has 0 aliphatic rings. The SMILES string of the molecule is Cc1nnn(C)c1-c1cc(F)c([N+](=O)[O-])c(F)c1. The number of halogens is 2. The molecule has 0 fully saturated rings. The fourth-order valence-corrected chi connectivity index (χ4v) is 1.73. The van der Waals surface area contributed by atoms with E-state index in [4.69, 9.17) is 0 Å². The topological polar surface area (TPSA) is 73.8 Å². The Bertz CT molecular complexity index is 596. The number of benzene rings is 1. The summed E-state index contributed by atoms with van der Waals surface area (Å²) in [5, 5.41) is 17.9. The van der Waals surface area contributed by atoms with E-state index in [2.05, 4.69) is 10.3 Å². The van der Waals surface area contributed by atoms with Crippen LogP contribution in [0.25, 0.3) is 11.3 Å². The van der Waals surface area contributed by atoms with Crippen LogP contribution in [0.1, 0.15) is 5.69 Å². The van der Waals surface area contributed by atoms with Crippen molar-refractivity contribution in [3.8, 4) is 11.3 Å². The van der Waals surface area contributed by atoms with Gasteiger partial charge in [0, 0.05) is 12.6 Å². The molecule has 8 heteroatoms. The Labute approximate surface area is 100.0 Å². The number of rotatable bonds is 2. The monoisotopic (exact) mass is 254 g/mol. The summed E-state index contributed by atoms with van der Waals surface area (Å²) in [6.07, 6.45) is 0. The van der Waals surface area contributed by atoms with Gasteiger partial charge in [0.2, 0.25) is 11.6 Å². The molecule has 0 N–H and O–H groups in total. The van der Waals surface area contributed by atoms with Crippen LogP contribution >= 0.6 is 0 Å². The maximum atomic E-state index is 13.5. The highest BCUT2D eigenvalue weighted by atomic mass is 19.1. The third-order valence-electron chi connectivity index (χ3n) is 2.47. The molecule has 94 valence electrons. The van der Waals surface area contributed by atoms with Gasteiger partial charge in [-0.1, -0.05) is 5.21 Å². The minimum absolute atomic E-state index is 0.153. The number of aromatic nitrogens is 3. The summed E-state index contributed by atoms with van der Waals surface area (Å²) in [4.78, 5) is 9.38. The van der Waals surface area contributed by atoms with Crippen molar-refractivity contribution >= 4 is 5.69 Å². The lowest BCUT2D eigenvalue weighted by atomic mass is 10.1. The summed E-state index contributed by atoms with van der Waals surface area (Å²) in [5.74, 6) is -2.45. The highest BCUT2D eigenvalue weighted by Crippen LogP contribution is 2.29. The van der Waals surface area contributed by atoms with Gasteiger partial charge in [0.25, 0.3) is 0 Å². The molecule has 0 unspecified atom stereocenters. The quantitative estimate of drug-likeness (QED) is 0.606. The molecule has 0 atom stereocenters. The first-order valence-corrected chi connectivity index (χ1v) is 4.92. The van der Waals surface area contributed by atoms with Gasteiger partial charge in [-0.25, -0.2) is 4.68 Å². The van der Waals surface area contributed by atoms with Crippen molar-refractivity contribution in [1.29, 1.82) is 0 Å². The molecule has 0 radical (unpaired) electrons. The van der Waals surface area contributed by atoms with Crippen molar-refractivity contribution in [3.63, 3.8) is 0 Å². The molecule has 18 heavy (non-hydrogen) atoms. The largest absolute Gasteiger partial charge is 0.340 e. The predicted octanol–water partition coefficient (Wildman–Crippen LogP) is 1.98. The van der Waals surface area contributed by atoms with E-state index in [9.17, 15) is 18.9 Å². The molecular weight excluding hydrogens is 246 g/mol. The van der Waals surface area contributed by atoms with Crippen LogP contribution in [-0.2, 0) is 7.05 Å². The van der Waals surface area contributed by atoms with E-state index < -0.39 is 22.2 Å². The fraction of sp³-hybridized carbons (Fsp3) is 0.200. The van der Waals surface area contributed by atoms with Crippen LogP contribution in [0, 0.1) is 28.7 Å². The zero-order chi connectivity index (χ0) is 13.4. The summed E-state index contributed by atoms with van der Waals surface area (Å²) in [6.45, 7) is 1.62. The number of nitrogens with zero attached hydrogens (tertiary/aromatic N) is 4. The van der Waals surface area contributed by atoms with Gasteiger partial charge in [0.15, 0.2) is 0 Å². The zero-order valence-corrected chi connectivity index (χ0v) is 9.52. The minimum atomic E-state index is -1.23. The molecule has 0 spiro atoms. The van der Waals surface area contributed by atoms with Crippen molar-refractivity contribution in [2.75, 3.05) is 0 Å². The molecule has 6 nitrogen and oxygen atoms in total. The highest BCUT2D eigenvalue weighted by molar-refractivity contribution is 5.63. The lowest BCUT2D eigenvalue weighted by molar-refractivity contribution is -0.390. The summed E-state index contributed by atoms with van der Waals surface area (Å²) in [6, 6.07) is 1.79. The average molecular weight is 254 g/mol. The normalized spacial score (nSPS) is 10.7. The molecular formula is C10H8F2N4O2. The van der Waals surface area contributed by atoms with Crippen LogP contribution in [0.2, 0.25) is 0 Å². The van der Waals surface area contributed by atoms with Crippen molar-refractivity contribution in [3.05, 3.63) is 39.6 Å². The number of hydrogen-bond donors (Lipinski definition) is 0. The number of nitro groups is 1. The van der Waals surface area contributed by atoms with Crippen molar-refractivity contribution in [1.82, 2.24) is 15.0 Å². The van der Waals surface area contributed by atoms with Crippen LogP contribution in [0.3, 0.4) is 0 Å². The summed E-state index contributed by atoms with van der Waals surface area (Å²) >= 11 is 0. The molecule has 2 rings (SSSR count). The van der Waals surface area contributed by atoms with Crippen LogP contribution in [0.15, 0.2) is 12.1 Å². The Morgan fingerprint density at radius 2 is 1.89 bits per heavy atom. The van der Waals surface area contributed by atoms with E-state index in [1.165, 1.54) is 4.68 Å². The van der Waals surface area contributed by atoms with Crippen LogP contribution < -0.4 is 0 Å². The Kier molecular flexibility index (Phi) is 2.77. The third-order valence-corrected chi connectivity index (χ3v) is 2.47. The number of aryl methyl sites for hydroxylation is 2. The highest BCUT2D eigenvalue weighted by Gasteiger charge is 2.23. The minimum Gasteiger partial charge on any atom is -0.258 e. The Morgan fingerprint density at radius 1 is 1.33 bits per heavy atom. The van der Waals surface area contributed by atoms with Gasteiger partial charge in [-0.3, -0.25) is 10.1 Å². The van der Waals surface area contributed by atoms with E-state index >= 15 is 0 Å². The van der Waals surface area contributed by atoms with Crippen molar-refractivity contribution in [2.24, 2.45) is 7.05 Å². The molecule has 2 aromatic rings. The second kappa shape index (κ2) is 4.13. The fourth-order valence-electron chi connectivity index (χ4n) is 1.73. The summed E-state index contributed by atoms with van der Waals surface area (Å²) in [5.41, 5.74) is -0.125. The first-order valence-electron chi connectivity index (χ1n) is 4.92. The smallest absolute Gasteiger partial charge is 0.258 e.